The van der Waals surface area contributed by atoms with Crippen LogP contribution in [0.15, 0.2) is 18.5 Å². The highest BCUT2D eigenvalue weighted by molar-refractivity contribution is 5.82. The maximum atomic E-state index is 11.2. The lowest BCUT2D eigenvalue weighted by molar-refractivity contribution is -0.383. The second kappa shape index (κ2) is 4.44. The minimum Gasteiger partial charge on any atom is -0.494 e. The molecule has 2 aromatic rings. The molecule has 7 heteroatoms. The molecule has 2 heterocycles. The molecule has 0 aliphatic heterocycles. The van der Waals surface area contributed by atoms with Crippen molar-refractivity contribution in [3.05, 3.63) is 34.1 Å². The molecule has 0 atom stereocenters. The van der Waals surface area contributed by atoms with Gasteiger partial charge in [0, 0.05) is 18.2 Å². The third kappa shape index (κ3) is 1.90. The van der Waals surface area contributed by atoms with E-state index in [1.165, 1.54) is 18.5 Å². The molecule has 0 saturated heterocycles. The molecule has 0 unspecified atom stereocenters. The molecule has 0 amide bonds. The Morgan fingerprint density at radius 2 is 2.33 bits per heavy atom. The first-order chi connectivity index (χ1) is 8.54. The van der Waals surface area contributed by atoms with E-state index in [2.05, 4.69) is 5.10 Å². The summed E-state index contributed by atoms with van der Waals surface area (Å²) >= 11 is 0. The molecule has 18 heavy (non-hydrogen) atoms. The minimum absolute atomic E-state index is 0.0418. The molecular formula is C11H11N3O4. The monoisotopic (exact) mass is 249 g/mol. The molecule has 7 nitrogen and oxygen atoms in total. The van der Waals surface area contributed by atoms with Gasteiger partial charge in [-0.25, -0.2) is 4.52 Å². The normalized spacial score (nSPS) is 10.6. The average molecular weight is 249 g/mol. The second-order valence-electron chi connectivity index (χ2n) is 3.83. The van der Waals surface area contributed by atoms with E-state index >= 15 is 0 Å². The lowest BCUT2D eigenvalue weighted by Crippen LogP contribution is -2.02. The second-order valence-corrected chi connectivity index (χ2v) is 3.83. The summed E-state index contributed by atoms with van der Waals surface area (Å²) in [6, 6.07) is 1.67. The number of nitro groups is 1. The first-order valence-electron chi connectivity index (χ1n) is 5.21. The topological polar surface area (TPSA) is 86.7 Å². The minimum atomic E-state index is -0.525. The van der Waals surface area contributed by atoms with Gasteiger partial charge in [-0.2, -0.15) is 5.10 Å². The molecule has 2 aromatic heterocycles. The number of pyridine rings is 1. The Morgan fingerprint density at radius 1 is 1.61 bits per heavy atom. The SMILES string of the molecule is COc1c(CC(C)=O)ccn2ncc([N+](=O)[O-])c12. The van der Waals surface area contributed by atoms with E-state index in [0.29, 0.717) is 11.3 Å². The summed E-state index contributed by atoms with van der Waals surface area (Å²) in [5.74, 6) is 0.275. The number of hydrogen-bond acceptors (Lipinski definition) is 5. The summed E-state index contributed by atoms with van der Waals surface area (Å²) in [4.78, 5) is 21.5. The molecule has 0 aliphatic rings. The van der Waals surface area contributed by atoms with Crippen LogP contribution in [0.25, 0.3) is 5.52 Å². The van der Waals surface area contributed by atoms with Gasteiger partial charge in [-0.05, 0) is 13.0 Å². The fraction of sp³-hybridized carbons (Fsp3) is 0.273. The zero-order valence-electron chi connectivity index (χ0n) is 9.91. The van der Waals surface area contributed by atoms with E-state index in [4.69, 9.17) is 4.74 Å². The molecule has 94 valence electrons. The van der Waals surface area contributed by atoms with Gasteiger partial charge < -0.3 is 4.74 Å². The largest absolute Gasteiger partial charge is 0.494 e. The van der Waals surface area contributed by atoms with E-state index < -0.39 is 4.92 Å². The maximum Gasteiger partial charge on any atom is 0.318 e. The Bertz CT molecular complexity index is 632. The predicted molar refractivity (Wildman–Crippen MR) is 62.8 cm³/mol. The average Bonchev–Trinajstić information content (AvgIpc) is 2.71. The molecule has 0 aromatic carbocycles. The zero-order chi connectivity index (χ0) is 13.3. The highest BCUT2D eigenvalue weighted by Crippen LogP contribution is 2.32. The fourth-order valence-electron chi connectivity index (χ4n) is 1.84. The quantitative estimate of drug-likeness (QED) is 0.603. The van der Waals surface area contributed by atoms with E-state index in [-0.39, 0.29) is 23.4 Å². The molecule has 0 bridgehead atoms. The van der Waals surface area contributed by atoms with Crippen molar-refractivity contribution in [3.8, 4) is 5.75 Å². The Hall–Kier alpha value is -2.44. The number of carbonyl (C=O) groups excluding carboxylic acids is 1. The summed E-state index contributed by atoms with van der Waals surface area (Å²) in [5, 5.41) is 14.8. The van der Waals surface area contributed by atoms with Gasteiger partial charge in [0.05, 0.1) is 12.0 Å². The molecule has 0 aliphatic carbocycles. The summed E-state index contributed by atoms with van der Waals surface area (Å²) in [7, 11) is 1.41. The Morgan fingerprint density at radius 3 is 2.89 bits per heavy atom. The lowest BCUT2D eigenvalue weighted by atomic mass is 10.1. The standard InChI is InChI=1S/C11H11N3O4/c1-7(15)5-8-3-4-13-10(11(8)18-2)9(6-12-13)14(16)17/h3-4,6H,5H2,1-2H3. The van der Waals surface area contributed by atoms with Gasteiger partial charge in [-0.3, -0.25) is 14.9 Å². The fourth-order valence-corrected chi connectivity index (χ4v) is 1.84. The first-order valence-corrected chi connectivity index (χ1v) is 5.21. The number of rotatable bonds is 4. The van der Waals surface area contributed by atoms with Crippen LogP contribution in [0.2, 0.25) is 0 Å². The van der Waals surface area contributed by atoms with Crippen LogP contribution in [0, 0.1) is 10.1 Å². The number of ether oxygens (including phenoxy) is 1. The molecule has 2 rings (SSSR count). The summed E-state index contributed by atoms with van der Waals surface area (Å²) in [5.41, 5.74) is 0.736. The van der Waals surface area contributed by atoms with Gasteiger partial charge in [-0.15, -0.1) is 0 Å². The van der Waals surface area contributed by atoms with Crippen molar-refractivity contribution in [2.45, 2.75) is 13.3 Å². The van der Waals surface area contributed by atoms with Crippen LogP contribution in [-0.2, 0) is 11.2 Å². The molecule has 0 spiro atoms. The van der Waals surface area contributed by atoms with E-state index in [0.717, 1.165) is 6.20 Å². The van der Waals surface area contributed by atoms with Gasteiger partial charge in [-0.1, -0.05) is 0 Å². The van der Waals surface area contributed by atoms with Crippen LogP contribution < -0.4 is 4.74 Å². The van der Waals surface area contributed by atoms with Crippen LogP contribution >= 0.6 is 0 Å². The van der Waals surface area contributed by atoms with Crippen LogP contribution in [0.4, 0.5) is 5.69 Å². The maximum absolute atomic E-state index is 11.2. The Balaban J connectivity index is 2.72. The predicted octanol–water partition coefficient (Wildman–Crippen LogP) is 1.38. The van der Waals surface area contributed by atoms with Gasteiger partial charge >= 0.3 is 5.69 Å². The number of Topliss-reactive ketones (excluding diaryl/α,β-unsaturated/α-hetero) is 1. The number of carbonyl (C=O) groups is 1. The highest BCUT2D eigenvalue weighted by atomic mass is 16.6. The number of methoxy groups -OCH3 is 1. The molecular weight excluding hydrogens is 238 g/mol. The smallest absolute Gasteiger partial charge is 0.318 e. The van der Waals surface area contributed by atoms with Crippen molar-refractivity contribution in [2.75, 3.05) is 7.11 Å². The third-order valence-corrected chi connectivity index (χ3v) is 2.54. The number of aromatic nitrogens is 2. The number of fused-ring (bicyclic) bond motifs is 1. The number of hydrogen-bond donors (Lipinski definition) is 0. The third-order valence-electron chi connectivity index (χ3n) is 2.54. The van der Waals surface area contributed by atoms with E-state index in [1.807, 2.05) is 0 Å². The molecule has 0 N–H and O–H groups in total. The van der Waals surface area contributed by atoms with Crippen molar-refractivity contribution in [3.63, 3.8) is 0 Å². The molecule has 0 radical (unpaired) electrons. The van der Waals surface area contributed by atoms with Crippen molar-refractivity contribution in [1.29, 1.82) is 0 Å². The van der Waals surface area contributed by atoms with Gasteiger partial charge in [0.2, 0.25) is 0 Å². The van der Waals surface area contributed by atoms with Crippen molar-refractivity contribution >= 4 is 17.0 Å². The zero-order valence-corrected chi connectivity index (χ0v) is 9.91. The summed E-state index contributed by atoms with van der Waals surface area (Å²) in [6.07, 6.45) is 2.90. The van der Waals surface area contributed by atoms with Crippen molar-refractivity contribution < 1.29 is 14.5 Å². The van der Waals surface area contributed by atoms with Gasteiger partial charge in [0.25, 0.3) is 0 Å². The summed E-state index contributed by atoms with van der Waals surface area (Å²) in [6.45, 7) is 1.45. The van der Waals surface area contributed by atoms with Crippen LogP contribution in [0.5, 0.6) is 5.75 Å². The number of nitrogens with zero attached hydrogens (tertiary/aromatic N) is 3. The highest BCUT2D eigenvalue weighted by Gasteiger charge is 2.21. The van der Waals surface area contributed by atoms with Gasteiger partial charge in [0.1, 0.15) is 12.0 Å². The lowest BCUT2D eigenvalue weighted by Gasteiger charge is -2.08. The first kappa shape index (κ1) is 12.0. The van der Waals surface area contributed by atoms with E-state index in [9.17, 15) is 14.9 Å². The van der Waals surface area contributed by atoms with Crippen LogP contribution in [0.3, 0.4) is 0 Å². The van der Waals surface area contributed by atoms with Gasteiger partial charge in [0.15, 0.2) is 11.3 Å². The number of ketones is 1. The van der Waals surface area contributed by atoms with E-state index in [1.54, 1.807) is 12.3 Å². The van der Waals surface area contributed by atoms with Crippen molar-refractivity contribution in [2.24, 2.45) is 0 Å². The van der Waals surface area contributed by atoms with Crippen LogP contribution in [0.1, 0.15) is 12.5 Å². The Kier molecular flexibility index (Phi) is 2.97. The Labute approximate surface area is 102 Å². The summed E-state index contributed by atoms with van der Waals surface area (Å²) < 4.78 is 6.55. The molecule has 0 saturated carbocycles. The van der Waals surface area contributed by atoms with Crippen molar-refractivity contribution in [1.82, 2.24) is 9.61 Å². The van der Waals surface area contributed by atoms with Crippen LogP contribution in [-0.4, -0.2) is 27.4 Å². The molecule has 0 fully saturated rings.